The second-order valence-corrected chi connectivity index (χ2v) is 7.01. The molecule has 1 amide bonds. The van der Waals surface area contributed by atoms with Gasteiger partial charge < -0.3 is 4.90 Å². The van der Waals surface area contributed by atoms with Crippen LogP contribution in [0.1, 0.15) is 18.1 Å². The molecule has 0 radical (unpaired) electrons. The average molecular weight is 406 g/mol. The first-order valence-electron chi connectivity index (χ1n) is 9.66. The van der Waals surface area contributed by atoms with Crippen LogP contribution in [0.2, 0.25) is 0 Å². The van der Waals surface area contributed by atoms with Crippen LogP contribution in [0.4, 0.5) is 14.5 Å². The maximum absolute atomic E-state index is 13.7. The van der Waals surface area contributed by atoms with Crippen molar-refractivity contribution in [1.82, 2.24) is 15.0 Å². The van der Waals surface area contributed by atoms with E-state index in [1.54, 1.807) is 0 Å². The van der Waals surface area contributed by atoms with Gasteiger partial charge in [0.2, 0.25) is 5.91 Å². The van der Waals surface area contributed by atoms with E-state index in [-0.39, 0.29) is 19.0 Å². The predicted octanol–water partition coefficient (Wildman–Crippen LogP) is 4.51. The van der Waals surface area contributed by atoms with Crippen LogP contribution >= 0.6 is 0 Å². The lowest BCUT2D eigenvalue weighted by Gasteiger charge is -2.23. The highest BCUT2D eigenvalue weighted by atomic mass is 19.1. The van der Waals surface area contributed by atoms with Crippen LogP contribution in [0.5, 0.6) is 0 Å². The maximum Gasteiger partial charge on any atom is 0.249 e. The predicted molar refractivity (Wildman–Crippen MR) is 111 cm³/mol. The minimum atomic E-state index is -0.680. The zero-order chi connectivity index (χ0) is 21.1. The summed E-state index contributed by atoms with van der Waals surface area (Å²) < 4.78 is 28.9. The number of carbonyl (C=O) groups is 1. The minimum absolute atomic E-state index is 0.0333. The molecule has 7 heteroatoms. The monoisotopic (exact) mass is 406 g/mol. The second kappa shape index (κ2) is 8.41. The van der Waals surface area contributed by atoms with Gasteiger partial charge in [0.15, 0.2) is 0 Å². The Bertz CT molecular complexity index is 1170. The van der Waals surface area contributed by atoms with Gasteiger partial charge in [0.25, 0.3) is 0 Å². The van der Waals surface area contributed by atoms with Gasteiger partial charge in [-0.05, 0) is 53.9 Å². The summed E-state index contributed by atoms with van der Waals surface area (Å²) in [5.41, 5.74) is 3.57. The van der Waals surface area contributed by atoms with Crippen molar-refractivity contribution >= 4 is 22.6 Å². The third-order valence-corrected chi connectivity index (χ3v) is 4.93. The Balaban J connectivity index is 1.66. The molecule has 30 heavy (non-hydrogen) atoms. The van der Waals surface area contributed by atoms with Crippen LogP contribution < -0.4 is 4.90 Å². The summed E-state index contributed by atoms with van der Waals surface area (Å²) in [7, 11) is 0. The number of para-hydroxylation sites is 1. The van der Waals surface area contributed by atoms with Crippen LogP contribution in [-0.4, -0.2) is 20.9 Å². The van der Waals surface area contributed by atoms with Gasteiger partial charge in [-0.1, -0.05) is 36.4 Å². The first kappa shape index (κ1) is 19.7. The molecular weight excluding hydrogens is 386 g/mol. The van der Waals surface area contributed by atoms with Crippen molar-refractivity contribution in [3.63, 3.8) is 0 Å². The van der Waals surface area contributed by atoms with Crippen molar-refractivity contribution in [2.75, 3.05) is 4.90 Å². The molecule has 152 valence electrons. The fraction of sp³-hybridized carbons (Fsp3) is 0.174. The normalized spacial score (nSPS) is 11.0. The third-order valence-electron chi connectivity index (χ3n) is 4.93. The van der Waals surface area contributed by atoms with Gasteiger partial charge in [0, 0.05) is 11.8 Å². The number of nitrogens with zero attached hydrogens (tertiary/aromatic N) is 4. The number of halogens is 2. The number of aromatic nitrogens is 3. The lowest BCUT2D eigenvalue weighted by atomic mass is 10.1. The second-order valence-electron chi connectivity index (χ2n) is 7.01. The van der Waals surface area contributed by atoms with Gasteiger partial charge in [-0.3, -0.25) is 4.79 Å². The van der Waals surface area contributed by atoms with Crippen molar-refractivity contribution in [1.29, 1.82) is 0 Å². The van der Waals surface area contributed by atoms with Crippen molar-refractivity contribution in [3.8, 4) is 0 Å². The fourth-order valence-electron chi connectivity index (χ4n) is 3.37. The standard InChI is InChI=1S/C23H20F2N4O/c1-2-16-7-9-20(10-8-16)28(14-17-11-18(24)13-19(25)12-17)23(30)15-29-22-6-4-3-5-21(22)26-27-29/h3-13H,2,14-15H2,1H3. The van der Waals surface area contributed by atoms with E-state index in [0.717, 1.165) is 23.6 Å². The summed E-state index contributed by atoms with van der Waals surface area (Å²) in [6, 6.07) is 18.2. The zero-order valence-corrected chi connectivity index (χ0v) is 16.4. The molecule has 0 saturated heterocycles. The summed E-state index contributed by atoms with van der Waals surface area (Å²) in [4.78, 5) is 14.7. The van der Waals surface area contributed by atoms with Crippen molar-refractivity contribution in [2.45, 2.75) is 26.4 Å². The number of aryl methyl sites for hydroxylation is 1. The Morgan fingerprint density at radius 2 is 1.67 bits per heavy atom. The Hall–Kier alpha value is -3.61. The van der Waals surface area contributed by atoms with Crippen LogP contribution in [0.25, 0.3) is 11.0 Å². The molecule has 0 unspecified atom stereocenters. The number of benzene rings is 3. The van der Waals surface area contributed by atoms with Crippen molar-refractivity contribution in [2.24, 2.45) is 0 Å². The van der Waals surface area contributed by atoms with E-state index in [1.165, 1.54) is 21.7 Å². The van der Waals surface area contributed by atoms with E-state index in [2.05, 4.69) is 10.3 Å². The lowest BCUT2D eigenvalue weighted by molar-refractivity contribution is -0.119. The van der Waals surface area contributed by atoms with Gasteiger partial charge in [-0.2, -0.15) is 0 Å². The van der Waals surface area contributed by atoms with E-state index in [0.29, 0.717) is 16.8 Å². The maximum atomic E-state index is 13.7. The van der Waals surface area contributed by atoms with Gasteiger partial charge in [0.1, 0.15) is 23.7 Å². The van der Waals surface area contributed by atoms with Crippen LogP contribution in [0.15, 0.2) is 66.7 Å². The summed E-state index contributed by atoms with van der Waals surface area (Å²) >= 11 is 0. The Morgan fingerprint density at radius 3 is 2.37 bits per heavy atom. The molecule has 4 rings (SSSR count). The largest absolute Gasteiger partial charge is 0.306 e. The van der Waals surface area contributed by atoms with Gasteiger partial charge in [-0.15, -0.1) is 5.10 Å². The van der Waals surface area contributed by atoms with E-state index in [1.807, 2.05) is 55.5 Å². The smallest absolute Gasteiger partial charge is 0.249 e. The number of fused-ring (bicyclic) bond motifs is 1. The number of carbonyl (C=O) groups excluding carboxylic acids is 1. The molecule has 0 aliphatic carbocycles. The molecule has 3 aromatic carbocycles. The van der Waals surface area contributed by atoms with Gasteiger partial charge in [-0.25, -0.2) is 13.5 Å². The van der Waals surface area contributed by atoms with E-state index in [9.17, 15) is 13.6 Å². The van der Waals surface area contributed by atoms with Gasteiger partial charge in [0.05, 0.1) is 12.1 Å². The SMILES string of the molecule is CCc1ccc(N(Cc2cc(F)cc(F)c2)C(=O)Cn2nnc3ccccc32)cc1. The minimum Gasteiger partial charge on any atom is -0.306 e. The summed E-state index contributed by atoms with van der Waals surface area (Å²) in [5, 5.41) is 8.15. The summed E-state index contributed by atoms with van der Waals surface area (Å²) in [5.74, 6) is -1.62. The van der Waals surface area contributed by atoms with Crippen LogP contribution in [0, 0.1) is 11.6 Å². The van der Waals surface area contributed by atoms with E-state index in [4.69, 9.17) is 0 Å². The molecule has 0 aliphatic heterocycles. The number of amides is 1. The Kier molecular flexibility index (Phi) is 5.52. The van der Waals surface area contributed by atoms with E-state index >= 15 is 0 Å². The highest BCUT2D eigenvalue weighted by molar-refractivity contribution is 5.93. The topological polar surface area (TPSA) is 51.0 Å². The van der Waals surface area contributed by atoms with Crippen LogP contribution in [0.3, 0.4) is 0 Å². The molecule has 5 nitrogen and oxygen atoms in total. The zero-order valence-electron chi connectivity index (χ0n) is 16.4. The van der Waals surface area contributed by atoms with Crippen molar-refractivity contribution < 1.29 is 13.6 Å². The Morgan fingerprint density at radius 1 is 0.967 bits per heavy atom. The van der Waals surface area contributed by atoms with Crippen molar-refractivity contribution in [3.05, 3.63) is 89.5 Å². The molecule has 0 bridgehead atoms. The summed E-state index contributed by atoms with van der Waals surface area (Å²) in [6.07, 6.45) is 0.869. The number of hydrogen-bond donors (Lipinski definition) is 0. The summed E-state index contributed by atoms with van der Waals surface area (Å²) in [6.45, 7) is 2.03. The molecule has 0 saturated carbocycles. The molecule has 0 atom stereocenters. The molecule has 1 heterocycles. The Labute approximate surface area is 172 Å². The molecule has 0 aliphatic rings. The van der Waals surface area contributed by atoms with Crippen LogP contribution in [-0.2, 0) is 24.3 Å². The van der Waals surface area contributed by atoms with E-state index < -0.39 is 11.6 Å². The molecule has 1 aromatic heterocycles. The average Bonchev–Trinajstić information content (AvgIpc) is 3.14. The van der Waals surface area contributed by atoms with Gasteiger partial charge >= 0.3 is 0 Å². The number of anilines is 1. The number of rotatable bonds is 6. The highest BCUT2D eigenvalue weighted by Gasteiger charge is 2.19. The lowest BCUT2D eigenvalue weighted by Crippen LogP contribution is -2.33. The first-order chi connectivity index (χ1) is 14.5. The number of hydrogen-bond acceptors (Lipinski definition) is 3. The quantitative estimate of drug-likeness (QED) is 0.474. The first-order valence-corrected chi connectivity index (χ1v) is 9.66. The molecule has 0 fully saturated rings. The molecule has 4 aromatic rings. The molecular formula is C23H20F2N4O. The molecule has 0 spiro atoms. The molecule has 0 N–H and O–H groups in total. The third kappa shape index (κ3) is 4.20. The fourth-order valence-corrected chi connectivity index (χ4v) is 3.37. The highest BCUT2D eigenvalue weighted by Crippen LogP contribution is 2.21.